The van der Waals surface area contributed by atoms with Gasteiger partial charge >= 0.3 is 0 Å². The van der Waals surface area contributed by atoms with Crippen LogP contribution in [0.5, 0.6) is 0 Å². The molecule has 33 heavy (non-hydrogen) atoms. The van der Waals surface area contributed by atoms with E-state index in [-0.39, 0.29) is 0 Å². The lowest BCUT2D eigenvalue weighted by molar-refractivity contribution is -0.113. The maximum Gasteiger partial charge on any atom is 0.255 e. The van der Waals surface area contributed by atoms with Crippen LogP contribution in [-0.4, -0.2) is 25.7 Å². The number of hydrogen-bond donors (Lipinski definition) is 2. The van der Waals surface area contributed by atoms with Gasteiger partial charge in [0.15, 0.2) is 5.82 Å². The molecular weight excluding hydrogens is 443 g/mol. The Morgan fingerprint density at radius 3 is 2.64 bits per heavy atom. The highest BCUT2D eigenvalue weighted by molar-refractivity contribution is 6.30. The molecule has 164 valence electrons. The Bertz CT molecular complexity index is 1370. The molecule has 0 spiro atoms. The molecule has 1 amide bonds. The number of carbonyl (C=O) groups is 1. The lowest BCUT2D eigenvalue weighted by Gasteiger charge is -2.28. The van der Waals surface area contributed by atoms with Gasteiger partial charge in [-0.15, -0.1) is 5.10 Å². The fourth-order valence-electron chi connectivity index (χ4n) is 3.79. The highest BCUT2D eigenvalue weighted by Crippen LogP contribution is 2.37. The summed E-state index contributed by atoms with van der Waals surface area (Å²) in [5.74, 6) is -0.00493. The molecule has 0 radical (unpaired) electrons. The number of aromatic nitrogens is 4. The second kappa shape index (κ2) is 8.48. The monoisotopic (exact) mass is 460 g/mol. The normalized spacial score (nSPS) is 15.1. The van der Waals surface area contributed by atoms with Crippen molar-refractivity contribution in [1.29, 1.82) is 0 Å². The lowest BCUT2D eigenvalue weighted by Crippen LogP contribution is -2.32. The van der Waals surface area contributed by atoms with Gasteiger partial charge in [-0.3, -0.25) is 9.78 Å². The van der Waals surface area contributed by atoms with Crippen LogP contribution in [-0.2, 0) is 4.79 Å². The molecule has 0 aliphatic carbocycles. The van der Waals surface area contributed by atoms with Crippen molar-refractivity contribution >= 4 is 29.1 Å². The molecule has 0 saturated carbocycles. The van der Waals surface area contributed by atoms with E-state index in [9.17, 15) is 9.18 Å². The number of nitrogens with zero attached hydrogens (tertiary/aromatic N) is 4. The summed E-state index contributed by atoms with van der Waals surface area (Å²) in [6, 6.07) is 16.1. The summed E-state index contributed by atoms with van der Waals surface area (Å²) in [4.78, 5) is 22.0. The van der Waals surface area contributed by atoms with E-state index in [0.717, 1.165) is 5.56 Å². The first kappa shape index (κ1) is 20.8. The average molecular weight is 461 g/mol. The van der Waals surface area contributed by atoms with Gasteiger partial charge in [0.25, 0.3) is 5.91 Å². The molecule has 7 nitrogen and oxygen atoms in total. The fourth-order valence-corrected chi connectivity index (χ4v) is 3.91. The molecule has 1 unspecified atom stereocenters. The van der Waals surface area contributed by atoms with Gasteiger partial charge in [0, 0.05) is 28.0 Å². The van der Waals surface area contributed by atoms with Gasteiger partial charge in [-0.05, 0) is 49.4 Å². The largest absolute Gasteiger partial charge is 0.328 e. The molecule has 9 heteroatoms. The van der Waals surface area contributed by atoms with Crippen molar-refractivity contribution in [3.63, 3.8) is 0 Å². The number of amides is 1. The van der Waals surface area contributed by atoms with E-state index < -0.39 is 17.8 Å². The quantitative estimate of drug-likeness (QED) is 0.444. The van der Waals surface area contributed by atoms with Crippen molar-refractivity contribution in [2.45, 2.75) is 13.0 Å². The van der Waals surface area contributed by atoms with Gasteiger partial charge in [0.1, 0.15) is 11.9 Å². The molecule has 2 aromatic heterocycles. The Kier molecular flexibility index (Phi) is 5.35. The first-order valence-corrected chi connectivity index (χ1v) is 10.5. The number of rotatable bonds is 4. The van der Waals surface area contributed by atoms with Crippen LogP contribution in [0.15, 0.2) is 84.3 Å². The molecule has 4 aromatic rings. The van der Waals surface area contributed by atoms with Crippen molar-refractivity contribution in [2.24, 2.45) is 0 Å². The average Bonchev–Trinajstić information content (AvgIpc) is 3.23. The molecule has 0 saturated heterocycles. The standard InChI is InChI=1S/C24H18ClFN6O/c1-14-20(23(33)29-17-5-4-12-27-13-17)21(18-6-2-3-7-19(18)26)32-24(28-14)30-22(31-32)15-8-10-16(25)11-9-15/h2-13,21H,1H3,(H,29,33)(H,28,30,31). The van der Waals surface area contributed by atoms with Crippen LogP contribution < -0.4 is 10.6 Å². The highest BCUT2D eigenvalue weighted by Gasteiger charge is 2.35. The van der Waals surface area contributed by atoms with Gasteiger partial charge in [-0.25, -0.2) is 9.07 Å². The Morgan fingerprint density at radius 2 is 1.91 bits per heavy atom. The van der Waals surface area contributed by atoms with E-state index in [0.29, 0.717) is 39.3 Å². The minimum Gasteiger partial charge on any atom is -0.328 e. The van der Waals surface area contributed by atoms with E-state index in [1.807, 2.05) is 0 Å². The van der Waals surface area contributed by atoms with Gasteiger partial charge in [0.2, 0.25) is 5.95 Å². The Balaban J connectivity index is 1.62. The summed E-state index contributed by atoms with van der Waals surface area (Å²) in [6.45, 7) is 1.76. The molecule has 0 bridgehead atoms. The molecule has 2 aromatic carbocycles. The summed E-state index contributed by atoms with van der Waals surface area (Å²) >= 11 is 6.00. The third-order valence-corrected chi connectivity index (χ3v) is 5.57. The van der Waals surface area contributed by atoms with Crippen LogP contribution in [0.4, 0.5) is 16.0 Å². The van der Waals surface area contributed by atoms with E-state index >= 15 is 0 Å². The third-order valence-electron chi connectivity index (χ3n) is 5.32. The SMILES string of the molecule is CC1=C(C(=O)Nc2cccnc2)C(c2ccccc2F)n2nc(-c3ccc(Cl)cc3)nc2N1. The number of carbonyl (C=O) groups excluding carboxylic acids is 1. The van der Waals surface area contributed by atoms with Crippen molar-refractivity contribution in [1.82, 2.24) is 19.7 Å². The maximum absolute atomic E-state index is 15.0. The van der Waals surface area contributed by atoms with E-state index in [2.05, 4.69) is 25.7 Å². The van der Waals surface area contributed by atoms with Crippen LogP contribution in [0.25, 0.3) is 11.4 Å². The Hall–Kier alpha value is -4.04. The van der Waals surface area contributed by atoms with Crippen molar-refractivity contribution in [2.75, 3.05) is 10.6 Å². The number of fused-ring (bicyclic) bond motifs is 1. The summed E-state index contributed by atoms with van der Waals surface area (Å²) in [6.07, 6.45) is 3.16. The number of nitrogens with one attached hydrogen (secondary N) is 2. The number of pyridine rings is 1. The number of halogens is 2. The molecule has 3 heterocycles. The first-order chi connectivity index (χ1) is 16.0. The summed E-state index contributed by atoms with van der Waals surface area (Å²) < 4.78 is 16.5. The Labute approximate surface area is 194 Å². The molecule has 1 aliphatic heterocycles. The summed E-state index contributed by atoms with van der Waals surface area (Å²) in [7, 11) is 0. The highest BCUT2D eigenvalue weighted by atomic mass is 35.5. The molecule has 2 N–H and O–H groups in total. The predicted octanol–water partition coefficient (Wildman–Crippen LogP) is 5.06. The Morgan fingerprint density at radius 1 is 1.12 bits per heavy atom. The van der Waals surface area contributed by atoms with Crippen LogP contribution in [0.3, 0.4) is 0 Å². The number of allylic oxidation sites excluding steroid dienone is 1. The van der Waals surface area contributed by atoms with Crippen molar-refractivity contribution in [3.8, 4) is 11.4 Å². The summed E-state index contributed by atoms with van der Waals surface area (Å²) in [5.41, 5.74) is 2.45. The van der Waals surface area contributed by atoms with Crippen LogP contribution >= 0.6 is 11.6 Å². The lowest BCUT2D eigenvalue weighted by atomic mass is 9.94. The minimum atomic E-state index is -0.826. The second-order valence-corrected chi connectivity index (χ2v) is 7.93. The van der Waals surface area contributed by atoms with Gasteiger partial charge in [0.05, 0.1) is 17.5 Å². The van der Waals surface area contributed by atoms with Gasteiger partial charge < -0.3 is 10.6 Å². The predicted molar refractivity (Wildman–Crippen MR) is 124 cm³/mol. The van der Waals surface area contributed by atoms with Gasteiger partial charge in [-0.2, -0.15) is 4.98 Å². The number of benzene rings is 2. The zero-order valence-corrected chi connectivity index (χ0v) is 18.2. The molecular formula is C24H18ClFN6O. The first-order valence-electron chi connectivity index (χ1n) is 10.2. The van der Waals surface area contributed by atoms with Gasteiger partial charge in [-0.1, -0.05) is 29.8 Å². The van der Waals surface area contributed by atoms with Crippen LogP contribution in [0.2, 0.25) is 5.02 Å². The van der Waals surface area contributed by atoms with Crippen molar-refractivity contribution in [3.05, 3.63) is 101 Å². The molecule has 1 atom stereocenters. The number of anilines is 2. The van der Waals surface area contributed by atoms with E-state index in [4.69, 9.17) is 11.6 Å². The zero-order chi connectivity index (χ0) is 22.9. The smallest absolute Gasteiger partial charge is 0.255 e. The van der Waals surface area contributed by atoms with E-state index in [1.54, 1.807) is 73.9 Å². The van der Waals surface area contributed by atoms with Crippen LogP contribution in [0.1, 0.15) is 18.5 Å². The fraction of sp³-hybridized carbons (Fsp3) is 0.0833. The minimum absolute atomic E-state index is 0.309. The second-order valence-electron chi connectivity index (χ2n) is 7.49. The number of hydrogen-bond acceptors (Lipinski definition) is 5. The molecule has 0 fully saturated rings. The molecule has 1 aliphatic rings. The van der Waals surface area contributed by atoms with Crippen molar-refractivity contribution < 1.29 is 9.18 Å². The van der Waals surface area contributed by atoms with Crippen LogP contribution in [0, 0.1) is 5.82 Å². The summed E-state index contributed by atoms with van der Waals surface area (Å²) in [5, 5.41) is 11.2. The van der Waals surface area contributed by atoms with E-state index in [1.165, 1.54) is 10.7 Å². The topological polar surface area (TPSA) is 84.7 Å². The third kappa shape index (κ3) is 3.96. The zero-order valence-electron chi connectivity index (χ0n) is 17.5. The maximum atomic E-state index is 15.0. The molecule has 5 rings (SSSR count).